The Morgan fingerprint density at radius 1 is 0.327 bits per heavy atom. The molecule has 0 amide bonds. The van der Waals surface area contributed by atoms with Crippen LogP contribution in [0, 0.1) is 0 Å². The highest BCUT2D eigenvalue weighted by atomic mass is 16.4. The second-order valence-corrected chi connectivity index (χ2v) is 11.8. The highest BCUT2D eigenvalue weighted by Gasteiger charge is 2.30. The van der Waals surface area contributed by atoms with E-state index in [1.807, 2.05) is 27.7 Å². The molecule has 0 saturated heterocycles. The van der Waals surface area contributed by atoms with Crippen LogP contribution in [0.2, 0.25) is 0 Å². The van der Waals surface area contributed by atoms with E-state index in [1.165, 1.54) is 0 Å². The van der Waals surface area contributed by atoms with Gasteiger partial charge in [-0.2, -0.15) is 0 Å². The smallest absolute Gasteiger partial charge is 0.257 e. The van der Waals surface area contributed by atoms with Gasteiger partial charge < -0.3 is 125 Å². The first-order valence-corrected chi connectivity index (χ1v) is 15.8. The number of carboxylic acids is 8. The maximum Gasteiger partial charge on any atom is 0.257 e. The van der Waals surface area contributed by atoms with Gasteiger partial charge in [0.1, 0.15) is 0 Å². The molecule has 24 N–H and O–H groups in total. The normalized spacial score (nSPS) is 10.5. The number of hydrogen-bond donors (Lipinski definition) is 8. The number of rotatable bonds is 16. The van der Waals surface area contributed by atoms with Crippen molar-refractivity contribution in [3.05, 3.63) is 0 Å². The van der Waals surface area contributed by atoms with Crippen molar-refractivity contribution in [1.82, 2.24) is 0 Å². The molecule has 0 heterocycles. The lowest BCUT2D eigenvalue weighted by molar-refractivity contribution is -0.710. The van der Waals surface area contributed by atoms with E-state index in [1.54, 1.807) is 0 Å². The van der Waals surface area contributed by atoms with E-state index < -0.39 is 70.4 Å². The Morgan fingerprint density at radius 3 is 0.500 bits per heavy atom. The zero-order chi connectivity index (χ0) is 43.1. The largest absolute Gasteiger partial charge is 0.543 e. The van der Waals surface area contributed by atoms with Crippen LogP contribution < -0.4 is 86.7 Å². The minimum Gasteiger partial charge on any atom is -0.543 e. The first-order valence-electron chi connectivity index (χ1n) is 15.8. The number of unbranched alkanes of at least 4 members (excludes halogenated alkanes) is 4. The molecule has 52 heavy (non-hydrogen) atoms. The van der Waals surface area contributed by atoms with Crippen LogP contribution in [0.25, 0.3) is 0 Å². The molecule has 0 fully saturated rings. The Labute approximate surface area is 300 Å². The lowest BCUT2D eigenvalue weighted by Gasteiger charge is -2.16. The van der Waals surface area contributed by atoms with E-state index in [0.29, 0.717) is 25.7 Å². The van der Waals surface area contributed by atoms with Crippen molar-refractivity contribution in [2.45, 2.75) is 127 Å². The van der Waals surface area contributed by atoms with Crippen LogP contribution >= 0.6 is 0 Å². The average Bonchev–Trinajstić information content (AvgIpc) is 3.02. The van der Waals surface area contributed by atoms with Gasteiger partial charge in [0.15, 0.2) is 23.9 Å². The van der Waals surface area contributed by atoms with Gasteiger partial charge in [-0.25, -0.2) is 0 Å². The Balaban J connectivity index is -0.000000124. The fourth-order valence-corrected chi connectivity index (χ4v) is 2.47. The van der Waals surface area contributed by atoms with Gasteiger partial charge in [0.05, 0.1) is 49.6 Å². The van der Waals surface area contributed by atoms with E-state index in [0.717, 1.165) is 51.4 Å². The zero-order valence-electron chi connectivity index (χ0n) is 30.7. The third kappa shape index (κ3) is 39.9. The topological polar surface area (TPSA) is 542 Å². The summed E-state index contributed by atoms with van der Waals surface area (Å²) in [7, 11) is 0. The number of quaternary nitrogens is 8. The minimum absolute atomic E-state index is 0.492. The van der Waals surface area contributed by atoms with Crippen molar-refractivity contribution >= 4 is 47.8 Å². The summed E-state index contributed by atoms with van der Waals surface area (Å²) in [5.74, 6) is -13.4. The van der Waals surface area contributed by atoms with Gasteiger partial charge in [-0.15, -0.1) is 0 Å². The summed E-state index contributed by atoms with van der Waals surface area (Å²) in [6, 6.07) is 0. The quantitative estimate of drug-likeness (QED) is 0.0534. The summed E-state index contributed by atoms with van der Waals surface area (Å²) in [5, 5.41) is 76.9. The zero-order valence-corrected chi connectivity index (χ0v) is 30.7. The lowest BCUT2D eigenvalue weighted by atomic mass is 10.1. The van der Waals surface area contributed by atoms with Crippen molar-refractivity contribution in [2.75, 3.05) is 0 Å². The second-order valence-electron chi connectivity index (χ2n) is 11.8. The van der Waals surface area contributed by atoms with Crippen LogP contribution in [-0.2, 0) is 38.4 Å². The van der Waals surface area contributed by atoms with E-state index in [9.17, 15) is 39.6 Å². The molecule has 0 radical (unpaired) electrons. The Kier molecular flexibility index (Phi) is 35.7. The van der Waals surface area contributed by atoms with Crippen molar-refractivity contribution in [2.24, 2.45) is 0 Å². The molecule has 0 aromatic heterocycles. The summed E-state index contributed by atoms with van der Waals surface area (Å²) < 4.78 is 0. The van der Waals surface area contributed by atoms with E-state index in [-0.39, 0.29) is 0 Å². The maximum absolute atomic E-state index is 10.3. The fraction of sp³-hybridized carbons (Fsp3) is 0.714. The first-order chi connectivity index (χ1) is 23.3. The average molecular weight is 765 g/mol. The monoisotopic (exact) mass is 764 g/mol. The molecule has 24 nitrogen and oxygen atoms in total. The summed E-state index contributed by atoms with van der Waals surface area (Å²) in [6.07, 6.45) is 9.14. The minimum atomic E-state index is -2.19. The number of carbonyl (C=O) groups excluding carboxylic acids is 8. The van der Waals surface area contributed by atoms with Gasteiger partial charge in [0.25, 0.3) is 22.7 Å². The number of carboxylic acid groups (broad SMARTS) is 8. The van der Waals surface area contributed by atoms with Crippen LogP contribution in [0.4, 0.5) is 0 Å². The first kappa shape index (κ1) is 59.6. The van der Waals surface area contributed by atoms with Gasteiger partial charge in [0.2, 0.25) is 0 Å². The summed E-state index contributed by atoms with van der Waals surface area (Å²) >= 11 is 0. The Bertz CT molecular complexity index is 932. The molecule has 0 unspecified atom stereocenters. The van der Waals surface area contributed by atoms with Crippen molar-refractivity contribution < 1.29 is 125 Å². The Hall–Kier alpha value is -4.56. The molecule has 0 atom stereocenters. The lowest BCUT2D eigenvalue weighted by Crippen LogP contribution is -2.99. The third-order valence-corrected chi connectivity index (χ3v) is 6.10. The number of carbonyl (C=O) groups is 8. The second kappa shape index (κ2) is 31.2. The fourth-order valence-electron chi connectivity index (χ4n) is 2.47. The molecule has 0 rings (SSSR count). The maximum atomic E-state index is 10.3. The Morgan fingerprint density at radius 2 is 0.442 bits per heavy atom. The van der Waals surface area contributed by atoms with Gasteiger partial charge >= 0.3 is 0 Å². The molecule has 0 bridgehead atoms. The van der Waals surface area contributed by atoms with Gasteiger partial charge in [-0.3, -0.25) is 0 Å². The van der Waals surface area contributed by atoms with Crippen LogP contribution in [-0.4, -0.2) is 70.4 Å². The molecule has 0 aliphatic carbocycles. The van der Waals surface area contributed by atoms with Crippen LogP contribution in [0.5, 0.6) is 0 Å². The van der Waals surface area contributed by atoms with Gasteiger partial charge in [0, 0.05) is 0 Å². The van der Waals surface area contributed by atoms with Crippen LogP contribution in [0.1, 0.15) is 105 Å². The van der Waals surface area contributed by atoms with Crippen molar-refractivity contribution in [3.8, 4) is 0 Å². The molecule has 0 aromatic rings. The number of hydrogen-bond acceptors (Lipinski definition) is 16. The van der Waals surface area contributed by atoms with Crippen molar-refractivity contribution in [3.63, 3.8) is 0 Å². The number of aliphatic carboxylic acids is 8. The molecule has 0 aliphatic heterocycles. The molecule has 0 saturated carbocycles. The molecule has 0 aromatic carbocycles. The van der Waals surface area contributed by atoms with Crippen LogP contribution in [0.3, 0.4) is 0 Å². The van der Waals surface area contributed by atoms with E-state index in [2.05, 4.69) is 45.9 Å². The van der Waals surface area contributed by atoms with Crippen molar-refractivity contribution in [1.29, 1.82) is 0 Å². The van der Waals surface area contributed by atoms with Gasteiger partial charge in [-0.1, -0.05) is 53.4 Å². The third-order valence-electron chi connectivity index (χ3n) is 6.10. The highest BCUT2D eigenvalue weighted by molar-refractivity contribution is 6.25. The molecule has 0 aliphatic rings. The summed E-state index contributed by atoms with van der Waals surface area (Å²) in [6.45, 7) is 7.97. The summed E-state index contributed by atoms with van der Waals surface area (Å²) in [4.78, 5) is 76.9. The predicted molar refractivity (Wildman–Crippen MR) is 152 cm³/mol. The SMILES string of the molecule is CCCCC([NH3+])([NH3+])C(=O)[O-].CCCCC([NH3+])([NH3+])C(=O)[O-].CCCCC([NH3+])([NH3+])C(=O)[O-].CCCCC([NH3+])([NH3+])C(=O)[O-].O=C([O-])C(=O)[O-].O=C([O-])C(=O)[O-]. The molecule has 308 valence electrons. The molecule has 24 heteroatoms. The molecular formula is C28H60N8O16. The molecular weight excluding hydrogens is 704 g/mol. The van der Waals surface area contributed by atoms with E-state index >= 15 is 0 Å². The van der Waals surface area contributed by atoms with Gasteiger partial charge in [-0.05, 0) is 25.7 Å². The summed E-state index contributed by atoms with van der Waals surface area (Å²) in [5.41, 5.74) is 22.9. The van der Waals surface area contributed by atoms with E-state index in [4.69, 9.17) is 39.6 Å². The molecule has 0 spiro atoms. The van der Waals surface area contributed by atoms with Crippen LogP contribution in [0.15, 0.2) is 0 Å². The standard InChI is InChI=1S/4C6H14N2O2.2C2H2O4/c4*1-2-3-4-6(7,8)5(9)10;2*3-1(4)2(5)6/h4*2-4,7-8H2,1H3,(H,9,10);2*(H,3,4)(H,5,6). The predicted octanol–water partition coefficient (Wildman–Crippen LogP) is -18.6. The highest BCUT2D eigenvalue weighted by Crippen LogP contribution is 2.01.